The third-order valence-electron chi connectivity index (χ3n) is 3.98. The third-order valence-corrected chi connectivity index (χ3v) is 8.60. The van der Waals surface area contributed by atoms with Crippen LogP contribution in [-0.2, 0) is 19.4 Å². The van der Waals surface area contributed by atoms with Crippen molar-refractivity contribution < 1.29 is 28.2 Å². The first-order valence-electron chi connectivity index (χ1n) is 5.57. The largest absolute Gasteiger partial charge is 0.480 e. The van der Waals surface area contributed by atoms with Gasteiger partial charge in [-0.2, -0.15) is 0 Å². The zero-order chi connectivity index (χ0) is 15.0. The average Bonchev–Trinajstić information content (AvgIpc) is 2.40. The lowest BCUT2D eigenvalue weighted by molar-refractivity contribution is -0.164. The van der Waals surface area contributed by atoms with Crippen LogP contribution in [0.25, 0.3) is 0 Å². The van der Waals surface area contributed by atoms with Crippen molar-refractivity contribution in [3.63, 3.8) is 0 Å². The molecule has 0 radical (unpaired) electrons. The second kappa shape index (κ2) is 3.70. The molecule has 0 aromatic heterocycles. The highest BCUT2D eigenvalue weighted by Gasteiger charge is 2.79. The van der Waals surface area contributed by atoms with Gasteiger partial charge in [0.25, 0.3) is 0 Å². The minimum Gasteiger partial charge on any atom is -0.480 e. The van der Waals surface area contributed by atoms with Gasteiger partial charge in [0.2, 0.25) is 5.91 Å². The molecule has 0 saturated carbocycles. The Morgan fingerprint density at radius 1 is 1.47 bits per heavy atom. The number of aliphatic carboxylic acids is 1. The maximum absolute atomic E-state index is 12.5. The molecule has 0 aromatic carbocycles. The van der Waals surface area contributed by atoms with Crippen molar-refractivity contribution in [3.8, 4) is 0 Å². The molecule has 2 aliphatic heterocycles. The lowest BCUT2D eigenvalue weighted by Crippen LogP contribution is -2.75. The fourth-order valence-electron chi connectivity index (χ4n) is 2.75. The second-order valence-electron chi connectivity index (χ2n) is 5.40. The Hall–Kier alpha value is -0.670. The summed E-state index contributed by atoms with van der Waals surface area (Å²) >= 11 is 3.00. The zero-order valence-corrected chi connectivity index (χ0v) is 12.9. The van der Waals surface area contributed by atoms with E-state index in [1.165, 1.54) is 20.8 Å². The Balaban J connectivity index is 2.65. The van der Waals surface area contributed by atoms with Gasteiger partial charge in [-0.15, -0.1) is 0 Å². The van der Waals surface area contributed by atoms with Gasteiger partial charge in [-0.25, -0.2) is 13.2 Å². The van der Waals surface area contributed by atoms with E-state index in [2.05, 4.69) is 15.9 Å². The first-order chi connectivity index (χ1) is 8.41. The van der Waals surface area contributed by atoms with Crippen LogP contribution in [-0.4, -0.2) is 62.0 Å². The first-order valence-corrected chi connectivity index (χ1v) is 7.91. The van der Waals surface area contributed by atoms with Crippen LogP contribution in [0.2, 0.25) is 0 Å². The molecule has 0 bridgehead atoms. The Morgan fingerprint density at radius 2 is 1.95 bits per heavy atom. The molecule has 1 amide bonds. The number of hydrogen-bond acceptors (Lipinski definition) is 5. The highest BCUT2D eigenvalue weighted by atomic mass is 79.9. The van der Waals surface area contributed by atoms with E-state index in [0.717, 1.165) is 4.90 Å². The number of sulfone groups is 1. The summed E-state index contributed by atoms with van der Waals surface area (Å²) in [6.07, 6.45) is -1.25. The first kappa shape index (κ1) is 14.7. The maximum Gasteiger partial charge on any atom is 0.328 e. The van der Waals surface area contributed by atoms with E-state index < -0.39 is 48.3 Å². The summed E-state index contributed by atoms with van der Waals surface area (Å²) < 4.78 is 21.6. The van der Waals surface area contributed by atoms with Crippen LogP contribution < -0.4 is 0 Å². The SMILES string of the molecule is CC(O)[C@@]1(Br)C(=O)N2[C@@H](C(=O)O)C(C)(C)S(=O)(=O)[C@@H]21. The molecule has 2 saturated heterocycles. The number of hydrogen-bond donors (Lipinski definition) is 2. The van der Waals surface area contributed by atoms with E-state index in [9.17, 15) is 28.2 Å². The highest BCUT2D eigenvalue weighted by molar-refractivity contribution is 9.10. The molecule has 2 N–H and O–H groups in total. The molecule has 7 nitrogen and oxygen atoms in total. The summed E-state index contributed by atoms with van der Waals surface area (Å²) in [7, 11) is -3.93. The smallest absolute Gasteiger partial charge is 0.328 e. The normalized spacial score (nSPS) is 40.5. The number of carbonyl (C=O) groups excluding carboxylic acids is 1. The number of carboxylic acids is 1. The quantitative estimate of drug-likeness (QED) is 0.501. The number of amides is 1. The number of nitrogens with zero attached hydrogens (tertiary/aromatic N) is 1. The third kappa shape index (κ3) is 1.38. The van der Waals surface area contributed by atoms with Gasteiger partial charge >= 0.3 is 5.97 Å². The maximum atomic E-state index is 12.5. The number of halogens is 1. The van der Waals surface area contributed by atoms with Gasteiger partial charge in [0.1, 0.15) is 10.8 Å². The van der Waals surface area contributed by atoms with Gasteiger partial charge in [-0.05, 0) is 20.8 Å². The summed E-state index contributed by atoms with van der Waals surface area (Å²) in [5.41, 5.74) is 0. The van der Waals surface area contributed by atoms with Crippen LogP contribution in [0.3, 0.4) is 0 Å². The van der Waals surface area contributed by atoms with E-state index in [1.807, 2.05) is 0 Å². The van der Waals surface area contributed by atoms with Crippen molar-refractivity contribution in [1.82, 2.24) is 4.90 Å². The molecule has 1 unspecified atom stereocenters. The predicted molar refractivity (Wildman–Crippen MR) is 68.4 cm³/mol. The fraction of sp³-hybridized carbons (Fsp3) is 0.800. The lowest BCUT2D eigenvalue weighted by Gasteiger charge is -2.50. The number of β-lactam (4-membered cyclic amide) rings is 1. The lowest BCUT2D eigenvalue weighted by atomic mass is 9.88. The predicted octanol–water partition coefficient (Wildman–Crippen LogP) is -0.671. The summed E-state index contributed by atoms with van der Waals surface area (Å²) in [5.74, 6) is -2.08. The molecule has 0 aliphatic carbocycles. The molecule has 0 spiro atoms. The second-order valence-corrected chi connectivity index (χ2v) is 9.30. The molecule has 9 heteroatoms. The van der Waals surface area contributed by atoms with Crippen LogP contribution in [0.1, 0.15) is 20.8 Å². The van der Waals surface area contributed by atoms with E-state index in [0.29, 0.717) is 0 Å². The van der Waals surface area contributed by atoms with E-state index in [4.69, 9.17) is 0 Å². The number of alkyl halides is 1. The Labute approximate surface area is 118 Å². The molecular weight excluding hydrogens is 342 g/mol. The van der Waals surface area contributed by atoms with E-state index >= 15 is 0 Å². The molecule has 0 aromatic rings. The number of fused-ring (bicyclic) bond motifs is 1. The summed E-state index contributed by atoms with van der Waals surface area (Å²) in [6, 6.07) is -1.44. The Morgan fingerprint density at radius 3 is 2.32 bits per heavy atom. The highest BCUT2D eigenvalue weighted by Crippen LogP contribution is 2.55. The van der Waals surface area contributed by atoms with Crippen molar-refractivity contribution >= 4 is 37.6 Å². The minimum atomic E-state index is -3.93. The zero-order valence-electron chi connectivity index (χ0n) is 10.5. The Kier molecular flexibility index (Phi) is 2.87. The van der Waals surface area contributed by atoms with Gasteiger partial charge in [0, 0.05) is 0 Å². The standard InChI is InChI=1S/C10H14BrNO6S/c1-4(13)10(11)7(16)12-5(6(14)15)9(2,3)19(17,18)8(10)12/h4-5,8,13H,1-3H3,(H,14,15)/t4?,5-,8+,10+/m0/s1. The fourth-order valence-corrected chi connectivity index (χ4v) is 6.28. The van der Waals surface area contributed by atoms with Crippen LogP contribution >= 0.6 is 15.9 Å². The van der Waals surface area contributed by atoms with E-state index in [1.54, 1.807) is 0 Å². The van der Waals surface area contributed by atoms with Gasteiger partial charge in [0.05, 0.1) is 6.10 Å². The molecule has 108 valence electrons. The van der Waals surface area contributed by atoms with Crippen molar-refractivity contribution in [1.29, 1.82) is 0 Å². The van der Waals surface area contributed by atoms with Crippen LogP contribution in [0.4, 0.5) is 0 Å². The molecular formula is C10H14BrNO6S. The van der Waals surface area contributed by atoms with Crippen LogP contribution in [0.15, 0.2) is 0 Å². The topological polar surface area (TPSA) is 112 Å². The molecule has 4 atom stereocenters. The Bertz CT molecular complexity index is 571. The van der Waals surface area contributed by atoms with Crippen molar-refractivity contribution in [2.75, 3.05) is 0 Å². The average molecular weight is 356 g/mol. The minimum absolute atomic E-state index is 0.714. The molecule has 19 heavy (non-hydrogen) atoms. The van der Waals surface area contributed by atoms with Crippen molar-refractivity contribution in [2.45, 2.75) is 47.4 Å². The molecule has 2 fully saturated rings. The van der Waals surface area contributed by atoms with Crippen LogP contribution in [0.5, 0.6) is 0 Å². The van der Waals surface area contributed by atoms with E-state index in [-0.39, 0.29) is 0 Å². The number of rotatable bonds is 2. The van der Waals surface area contributed by atoms with Gasteiger partial charge < -0.3 is 15.1 Å². The number of carbonyl (C=O) groups is 2. The van der Waals surface area contributed by atoms with Crippen molar-refractivity contribution in [3.05, 3.63) is 0 Å². The monoisotopic (exact) mass is 355 g/mol. The van der Waals surface area contributed by atoms with Crippen LogP contribution in [0, 0.1) is 0 Å². The van der Waals surface area contributed by atoms with Gasteiger partial charge in [-0.3, -0.25) is 4.79 Å². The molecule has 2 rings (SSSR count). The molecule has 2 heterocycles. The number of aliphatic hydroxyl groups is 1. The number of carboxylic acid groups (broad SMARTS) is 1. The molecule has 2 aliphatic rings. The number of aliphatic hydroxyl groups excluding tert-OH is 1. The summed E-state index contributed by atoms with van der Waals surface area (Å²) in [4.78, 5) is 24.2. The van der Waals surface area contributed by atoms with Gasteiger partial charge in [-0.1, -0.05) is 15.9 Å². The summed E-state index contributed by atoms with van der Waals surface area (Å²) in [6.45, 7) is 3.85. The summed E-state index contributed by atoms with van der Waals surface area (Å²) in [5, 5.41) is 17.5. The van der Waals surface area contributed by atoms with Crippen molar-refractivity contribution in [2.24, 2.45) is 0 Å². The van der Waals surface area contributed by atoms with Gasteiger partial charge in [0.15, 0.2) is 19.5 Å².